The van der Waals surface area contributed by atoms with E-state index in [4.69, 9.17) is 12.2 Å². The Morgan fingerprint density at radius 3 is 3.00 bits per heavy atom. The maximum absolute atomic E-state index is 13.8. The summed E-state index contributed by atoms with van der Waals surface area (Å²) in [5.41, 5.74) is 3.66. The number of nitrogens with zero attached hydrogens (tertiary/aromatic N) is 1. The molecule has 3 atom stereocenters. The first-order chi connectivity index (χ1) is 8.15. The van der Waals surface area contributed by atoms with Crippen LogP contribution in [0.3, 0.4) is 0 Å². The minimum Gasteiger partial charge on any atom is -0.342 e. The molecule has 0 amide bonds. The molecule has 0 saturated carbocycles. The summed E-state index contributed by atoms with van der Waals surface area (Å²) >= 11 is 4.95. The number of fused-ring (bicyclic) bond motifs is 1. The Bertz CT molecular complexity index is 468. The Kier molecular flexibility index (Phi) is 2.48. The first-order valence-corrected chi connectivity index (χ1v) is 5.81. The second-order valence-corrected chi connectivity index (χ2v) is 4.67. The number of hydrazine groups is 1. The molecule has 17 heavy (non-hydrogen) atoms. The van der Waals surface area contributed by atoms with Crippen molar-refractivity contribution in [3.05, 3.63) is 35.6 Å². The van der Waals surface area contributed by atoms with Gasteiger partial charge >= 0.3 is 0 Å². The van der Waals surface area contributed by atoms with E-state index < -0.39 is 12.3 Å². The van der Waals surface area contributed by atoms with E-state index >= 15 is 0 Å². The quantitative estimate of drug-likeness (QED) is 0.746. The van der Waals surface area contributed by atoms with Gasteiger partial charge in [0, 0.05) is 6.42 Å². The summed E-state index contributed by atoms with van der Waals surface area (Å²) < 4.78 is 27.0. The summed E-state index contributed by atoms with van der Waals surface area (Å²) in [5.74, 6) is -0.309. The lowest BCUT2D eigenvalue weighted by Gasteiger charge is -2.22. The third-order valence-electron chi connectivity index (χ3n) is 3.17. The SMILES string of the molecule is Fc1cccc([C@@H]2C[C@H](F)C3NC(=S)NN32)c1. The Hall–Kier alpha value is -1.27. The summed E-state index contributed by atoms with van der Waals surface area (Å²) in [6.45, 7) is 0. The molecule has 3 rings (SSSR count). The van der Waals surface area contributed by atoms with Crippen molar-refractivity contribution < 1.29 is 8.78 Å². The van der Waals surface area contributed by atoms with E-state index in [0.717, 1.165) is 5.56 Å². The monoisotopic (exact) mass is 255 g/mol. The summed E-state index contributed by atoms with van der Waals surface area (Å²) in [6, 6.07) is 6.05. The molecule has 2 saturated heterocycles. The molecule has 0 radical (unpaired) electrons. The van der Waals surface area contributed by atoms with Crippen molar-refractivity contribution in [1.82, 2.24) is 15.8 Å². The zero-order valence-electron chi connectivity index (χ0n) is 8.86. The average Bonchev–Trinajstić information content (AvgIpc) is 2.79. The van der Waals surface area contributed by atoms with Crippen LogP contribution in [0, 0.1) is 5.82 Å². The van der Waals surface area contributed by atoms with Gasteiger partial charge in [-0.15, -0.1) is 0 Å². The molecule has 0 aliphatic carbocycles. The van der Waals surface area contributed by atoms with Gasteiger partial charge in [-0.05, 0) is 29.9 Å². The zero-order chi connectivity index (χ0) is 12.0. The minimum atomic E-state index is -1.02. The lowest BCUT2D eigenvalue weighted by atomic mass is 10.0. The number of rotatable bonds is 1. The topological polar surface area (TPSA) is 27.3 Å². The van der Waals surface area contributed by atoms with E-state index in [-0.39, 0.29) is 11.9 Å². The third kappa shape index (κ3) is 1.77. The Morgan fingerprint density at radius 2 is 2.24 bits per heavy atom. The predicted molar refractivity (Wildman–Crippen MR) is 63.2 cm³/mol. The molecule has 3 nitrogen and oxygen atoms in total. The van der Waals surface area contributed by atoms with Gasteiger partial charge in [-0.3, -0.25) is 5.43 Å². The fourth-order valence-electron chi connectivity index (χ4n) is 2.43. The van der Waals surface area contributed by atoms with E-state index in [0.29, 0.717) is 11.5 Å². The van der Waals surface area contributed by atoms with E-state index in [1.54, 1.807) is 17.1 Å². The Labute approximate surface area is 103 Å². The van der Waals surface area contributed by atoms with Crippen LogP contribution in [-0.4, -0.2) is 22.5 Å². The van der Waals surface area contributed by atoms with Crippen LogP contribution in [0.5, 0.6) is 0 Å². The van der Waals surface area contributed by atoms with E-state index in [1.807, 2.05) is 0 Å². The lowest BCUT2D eigenvalue weighted by molar-refractivity contribution is 0.156. The summed E-state index contributed by atoms with van der Waals surface area (Å²) in [7, 11) is 0. The van der Waals surface area contributed by atoms with Gasteiger partial charge in [0.05, 0.1) is 6.04 Å². The summed E-state index contributed by atoms with van der Waals surface area (Å²) in [4.78, 5) is 0. The second-order valence-electron chi connectivity index (χ2n) is 4.26. The fourth-order valence-corrected chi connectivity index (χ4v) is 2.65. The lowest BCUT2D eigenvalue weighted by Crippen LogP contribution is -2.39. The highest BCUT2D eigenvalue weighted by Gasteiger charge is 2.46. The van der Waals surface area contributed by atoms with Crippen LogP contribution in [0.25, 0.3) is 0 Å². The molecule has 1 aromatic rings. The van der Waals surface area contributed by atoms with Crippen molar-refractivity contribution in [1.29, 1.82) is 0 Å². The van der Waals surface area contributed by atoms with Crippen LogP contribution in [-0.2, 0) is 0 Å². The van der Waals surface area contributed by atoms with Crippen molar-refractivity contribution in [3.63, 3.8) is 0 Å². The number of thiocarbonyl (C=S) groups is 1. The normalized spacial score (nSPS) is 32.1. The van der Waals surface area contributed by atoms with Crippen molar-refractivity contribution in [2.24, 2.45) is 0 Å². The summed E-state index contributed by atoms with van der Waals surface area (Å²) in [5, 5.41) is 5.00. The van der Waals surface area contributed by atoms with Crippen LogP contribution in [0.4, 0.5) is 8.78 Å². The van der Waals surface area contributed by atoms with Crippen LogP contribution >= 0.6 is 12.2 Å². The molecule has 0 bridgehead atoms. The first-order valence-electron chi connectivity index (χ1n) is 5.40. The second kappa shape index (κ2) is 3.89. The highest BCUT2D eigenvalue weighted by molar-refractivity contribution is 7.80. The molecular formula is C11H11F2N3S. The molecular weight excluding hydrogens is 244 g/mol. The highest BCUT2D eigenvalue weighted by atomic mass is 32.1. The molecule has 2 aliphatic rings. The largest absolute Gasteiger partial charge is 0.342 e. The van der Waals surface area contributed by atoms with Crippen molar-refractivity contribution in [2.45, 2.75) is 24.8 Å². The minimum absolute atomic E-state index is 0.196. The number of hydrogen-bond donors (Lipinski definition) is 2. The van der Waals surface area contributed by atoms with E-state index in [1.165, 1.54) is 12.1 Å². The average molecular weight is 255 g/mol. The molecule has 2 heterocycles. The van der Waals surface area contributed by atoms with Gasteiger partial charge in [-0.2, -0.15) is 5.01 Å². The summed E-state index contributed by atoms with van der Waals surface area (Å²) in [6.07, 6.45) is -1.14. The highest BCUT2D eigenvalue weighted by Crippen LogP contribution is 2.37. The third-order valence-corrected chi connectivity index (χ3v) is 3.38. The molecule has 90 valence electrons. The molecule has 0 aromatic heterocycles. The van der Waals surface area contributed by atoms with Crippen LogP contribution < -0.4 is 10.7 Å². The van der Waals surface area contributed by atoms with Crippen LogP contribution in [0.2, 0.25) is 0 Å². The van der Waals surface area contributed by atoms with E-state index in [2.05, 4.69) is 10.7 Å². The van der Waals surface area contributed by atoms with Crippen LogP contribution in [0.15, 0.2) is 24.3 Å². The number of alkyl halides is 1. The van der Waals surface area contributed by atoms with Gasteiger partial charge in [0.2, 0.25) is 0 Å². The molecule has 1 unspecified atom stereocenters. The Morgan fingerprint density at radius 1 is 1.41 bits per heavy atom. The molecule has 2 aliphatic heterocycles. The maximum atomic E-state index is 13.8. The van der Waals surface area contributed by atoms with Gasteiger partial charge in [-0.25, -0.2) is 8.78 Å². The maximum Gasteiger partial charge on any atom is 0.182 e. The number of benzene rings is 1. The van der Waals surface area contributed by atoms with Gasteiger partial charge in [-0.1, -0.05) is 12.1 Å². The Balaban J connectivity index is 1.92. The van der Waals surface area contributed by atoms with Gasteiger partial charge in [0.25, 0.3) is 0 Å². The zero-order valence-corrected chi connectivity index (χ0v) is 9.68. The number of hydrogen-bond acceptors (Lipinski definition) is 2. The predicted octanol–water partition coefficient (Wildman–Crippen LogP) is 1.63. The van der Waals surface area contributed by atoms with Gasteiger partial charge < -0.3 is 5.32 Å². The first kappa shape index (κ1) is 10.9. The molecule has 0 spiro atoms. The number of halogens is 2. The molecule has 2 N–H and O–H groups in total. The van der Waals surface area contributed by atoms with Crippen molar-refractivity contribution >= 4 is 17.3 Å². The smallest absolute Gasteiger partial charge is 0.182 e. The van der Waals surface area contributed by atoms with Crippen LogP contribution in [0.1, 0.15) is 18.0 Å². The van der Waals surface area contributed by atoms with Gasteiger partial charge in [0.15, 0.2) is 5.11 Å². The molecule has 1 aromatic carbocycles. The number of nitrogens with one attached hydrogen (secondary N) is 2. The van der Waals surface area contributed by atoms with Gasteiger partial charge in [0.1, 0.15) is 18.2 Å². The molecule has 2 fully saturated rings. The van der Waals surface area contributed by atoms with Crippen molar-refractivity contribution in [3.8, 4) is 0 Å². The molecule has 6 heteroatoms. The fraction of sp³-hybridized carbons (Fsp3) is 0.364. The van der Waals surface area contributed by atoms with E-state index in [9.17, 15) is 8.78 Å². The standard InChI is InChI=1S/C11H11F2N3S/c12-7-3-1-2-6(4-7)9-5-8(13)10-14-11(17)15-16(9)10/h1-4,8-10H,5H2,(H2,14,15,17)/t8-,9-,10?/m0/s1. The van der Waals surface area contributed by atoms with Crippen molar-refractivity contribution in [2.75, 3.05) is 0 Å².